The fraction of sp³-hybridized carbons (Fsp3) is 0. The molecule has 0 radical (unpaired) electrons. The van der Waals surface area contributed by atoms with Gasteiger partial charge in [-0.25, -0.2) is 14.6 Å². The van der Waals surface area contributed by atoms with Crippen molar-refractivity contribution >= 4 is 46.7 Å². The molecule has 1 aromatic heterocycles. The van der Waals surface area contributed by atoms with Gasteiger partial charge in [0.15, 0.2) is 0 Å². The predicted octanol–water partition coefficient (Wildman–Crippen LogP) is 3.73. The molecule has 2 rings (SSSR count). The fourth-order valence-corrected chi connectivity index (χ4v) is 2.03. The molecule has 6 nitrogen and oxygen atoms in total. The van der Waals surface area contributed by atoms with Crippen molar-refractivity contribution in [3.05, 3.63) is 52.1 Å². The number of urea groups is 1. The molecule has 0 fully saturated rings. The summed E-state index contributed by atoms with van der Waals surface area (Å²) in [6.07, 6.45) is 1.15. The molecular weight excluding hydrogens is 317 g/mol. The van der Waals surface area contributed by atoms with Gasteiger partial charge in [0.1, 0.15) is 5.82 Å². The summed E-state index contributed by atoms with van der Waals surface area (Å²) in [5, 5.41) is 14.5. The van der Waals surface area contributed by atoms with Gasteiger partial charge in [-0.2, -0.15) is 0 Å². The third-order valence-corrected chi connectivity index (χ3v) is 2.81. The number of pyridine rings is 1. The van der Waals surface area contributed by atoms with Crippen LogP contribution in [0.1, 0.15) is 10.4 Å². The van der Waals surface area contributed by atoms with Gasteiger partial charge in [-0.15, -0.1) is 0 Å². The Kier molecular flexibility index (Phi) is 4.62. The van der Waals surface area contributed by atoms with Gasteiger partial charge in [-0.05, 0) is 30.3 Å². The third kappa shape index (κ3) is 4.34. The first-order valence-electron chi connectivity index (χ1n) is 5.67. The lowest BCUT2D eigenvalue weighted by molar-refractivity contribution is 0.0696. The summed E-state index contributed by atoms with van der Waals surface area (Å²) in [6.45, 7) is 0. The second-order valence-corrected chi connectivity index (χ2v) is 4.85. The van der Waals surface area contributed by atoms with Crippen LogP contribution < -0.4 is 10.6 Å². The number of rotatable bonds is 3. The minimum Gasteiger partial charge on any atom is -0.478 e. The highest BCUT2D eigenvalue weighted by molar-refractivity contribution is 6.35. The minimum atomic E-state index is -1.09. The van der Waals surface area contributed by atoms with Crippen molar-refractivity contribution in [1.82, 2.24) is 4.98 Å². The number of aromatic nitrogens is 1. The van der Waals surface area contributed by atoms with Crippen LogP contribution in [0.5, 0.6) is 0 Å². The maximum atomic E-state index is 11.8. The second kappa shape index (κ2) is 6.43. The number of halogens is 2. The van der Waals surface area contributed by atoms with Crippen molar-refractivity contribution in [2.75, 3.05) is 10.6 Å². The van der Waals surface area contributed by atoms with Crippen LogP contribution in [0.3, 0.4) is 0 Å². The number of carboxylic acids is 1. The summed E-state index contributed by atoms with van der Waals surface area (Å²) >= 11 is 11.6. The van der Waals surface area contributed by atoms with Gasteiger partial charge in [-0.3, -0.25) is 5.32 Å². The summed E-state index contributed by atoms with van der Waals surface area (Å²) in [5.41, 5.74) is 0.453. The minimum absolute atomic E-state index is 0.0302. The highest BCUT2D eigenvalue weighted by Crippen LogP contribution is 2.22. The molecule has 2 amide bonds. The lowest BCUT2D eigenvalue weighted by Crippen LogP contribution is -2.20. The zero-order valence-corrected chi connectivity index (χ0v) is 11.9. The highest BCUT2D eigenvalue weighted by Gasteiger charge is 2.07. The lowest BCUT2D eigenvalue weighted by Gasteiger charge is -2.08. The van der Waals surface area contributed by atoms with Gasteiger partial charge in [0.25, 0.3) is 0 Å². The largest absolute Gasteiger partial charge is 0.478 e. The Hall–Kier alpha value is -2.31. The number of anilines is 2. The Morgan fingerprint density at radius 3 is 2.24 bits per heavy atom. The molecular formula is C13H9Cl2N3O3. The van der Waals surface area contributed by atoms with E-state index in [4.69, 9.17) is 28.3 Å². The van der Waals surface area contributed by atoms with Crippen molar-refractivity contribution in [3.63, 3.8) is 0 Å². The summed E-state index contributed by atoms with van der Waals surface area (Å²) in [5.74, 6) is -0.877. The molecule has 0 aliphatic carbocycles. The molecule has 21 heavy (non-hydrogen) atoms. The number of nitrogens with zero attached hydrogens (tertiary/aromatic N) is 1. The molecule has 108 valence electrons. The van der Waals surface area contributed by atoms with Crippen molar-refractivity contribution < 1.29 is 14.7 Å². The zero-order chi connectivity index (χ0) is 15.4. The van der Waals surface area contributed by atoms with Gasteiger partial charge in [-0.1, -0.05) is 23.2 Å². The smallest absolute Gasteiger partial charge is 0.337 e. The number of hydrogen-bond donors (Lipinski definition) is 3. The predicted molar refractivity (Wildman–Crippen MR) is 80.3 cm³/mol. The van der Waals surface area contributed by atoms with Crippen LogP contribution in [0.25, 0.3) is 0 Å². The molecule has 0 spiro atoms. The Bertz CT molecular complexity index is 669. The molecule has 0 unspecified atom stereocenters. The molecule has 3 N–H and O–H groups in total. The van der Waals surface area contributed by atoms with Gasteiger partial charge >= 0.3 is 12.0 Å². The summed E-state index contributed by atoms with van der Waals surface area (Å²) in [6, 6.07) is 6.78. The standard InChI is InChI=1S/C13H9Cl2N3O3/c14-8-3-9(15)5-10(4-8)17-13(21)18-11-2-1-7(6-16-11)12(19)20/h1-6H,(H,19,20)(H2,16,17,18,21). The van der Waals surface area contributed by atoms with Crippen LogP contribution >= 0.6 is 23.2 Å². The maximum absolute atomic E-state index is 11.8. The summed E-state index contributed by atoms with van der Waals surface area (Å²) < 4.78 is 0. The Labute approximate surface area is 129 Å². The summed E-state index contributed by atoms with van der Waals surface area (Å²) in [4.78, 5) is 26.2. The maximum Gasteiger partial charge on any atom is 0.337 e. The van der Waals surface area contributed by atoms with E-state index in [0.29, 0.717) is 15.7 Å². The number of nitrogens with one attached hydrogen (secondary N) is 2. The van der Waals surface area contributed by atoms with E-state index in [0.717, 1.165) is 6.20 Å². The van der Waals surface area contributed by atoms with Gasteiger partial charge in [0, 0.05) is 21.9 Å². The third-order valence-electron chi connectivity index (χ3n) is 2.37. The molecule has 0 saturated carbocycles. The van der Waals surface area contributed by atoms with Crippen LogP contribution in [0, 0.1) is 0 Å². The molecule has 0 saturated heterocycles. The Morgan fingerprint density at radius 1 is 1.05 bits per heavy atom. The van der Waals surface area contributed by atoms with Crippen molar-refractivity contribution in [2.24, 2.45) is 0 Å². The number of carboxylic acid groups (broad SMARTS) is 1. The first-order valence-corrected chi connectivity index (χ1v) is 6.43. The van der Waals surface area contributed by atoms with Crippen LogP contribution in [-0.2, 0) is 0 Å². The Balaban J connectivity index is 2.02. The van der Waals surface area contributed by atoms with E-state index in [1.54, 1.807) is 6.07 Å². The number of carbonyl (C=O) groups is 2. The quantitative estimate of drug-likeness (QED) is 0.801. The number of benzene rings is 1. The van der Waals surface area contributed by atoms with Crippen LogP contribution in [0.15, 0.2) is 36.5 Å². The molecule has 0 aliphatic heterocycles. The van der Waals surface area contributed by atoms with E-state index in [1.165, 1.54) is 24.3 Å². The van der Waals surface area contributed by atoms with E-state index >= 15 is 0 Å². The monoisotopic (exact) mass is 325 g/mol. The van der Waals surface area contributed by atoms with Crippen LogP contribution in [0.2, 0.25) is 10.0 Å². The molecule has 1 aromatic carbocycles. The average molecular weight is 326 g/mol. The van der Waals surface area contributed by atoms with Gasteiger partial charge in [0.2, 0.25) is 0 Å². The van der Waals surface area contributed by atoms with E-state index < -0.39 is 12.0 Å². The number of hydrogen-bond acceptors (Lipinski definition) is 3. The van der Waals surface area contributed by atoms with E-state index in [9.17, 15) is 9.59 Å². The topological polar surface area (TPSA) is 91.3 Å². The van der Waals surface area contributed by atoms with E-state index in [1.807, 2.05) is 0 Å². The zero-order valence-electron chi connectivity index (χ0n) is 10.4. The van der Waals surface area contributed by atoms with E-state index in [2.05, 4.69) is 15.6 Å². The van der Waals surface area contributed by atoms with Crippen molar-refractivity contribution in [3.8, 4) is 0 Å². The molecule has 2 aromatic rings. The molecule has 0 bridgehead atoms. The SMILES string of the molecule is O=C(Nc1cc(Cl)cc(Cl)c1)Nc1ccc(C(=O)O)cn1. The Morgan fingerprint density at radius 2 is 1.71 bits per heavy atom. The number of amides is 2. The molecule has 0 aliphatic rings. The second-order valence-electron chi connectivity index (χ2n) is 3.97. The first kappa shape index (κ1) is 15.1. The van der Waals surface area contributed by atoms with Crippen LogP contribution in [-0.4, -0.2) is 22.1 Å². The van der Waals surface area contributed by atoms with Gasteiger partial charge in [0.05, 0.1) is 5.56 Å². The molecule has 0 atom stereocenters. The molecule has 1 heterocycles. The van der Waals surface area contributed by atoms with Crippen molar-refractivity contribution in [2.45, 2.75) is 0 Å². The normalized spacial score (nSPS) is 10.0. The molecule has 8 heteroatoms. The highest BCUT2D eigenvalue weighted by atomic mass is 35.5. The first-order chi connectivity index (χ1) is 9.94. The van der Waals surface area contributed by atoms with Gasteiger partial charge < -0.3 is 10.4 Å². The van der Waals surface area contributed by atoms with Crippen molar-refractivity contribution in [1.29, 1.82) is 0 Å². The number of aromatic carboxylic acids is 1. The average Bonchev–Trinajstić information content (AvgIpc) is 2.37. The number of carbonyl (C=O) groups excluding carboxylic acids is 1. The van der Waals surface area contributed by atoms with Crippen LogP contribution in [0.4, 0.5) is 16.3 Å². The fourth-order valence-electron chi connectivity index (χ4n) is 1.50. The lowest BCUT2D eigenvalue weighted by atomic mass is 10.3. The van der Waals surface area contributed by atoms with E-state index in [-0.39, 0.29) is 11.4 Å². The summed E-state index contributed by atoms with van der Waals surface area (Å²) in [7, 11) is 0.